The van der Waals surface area contributed by atoms with E-state index in [2.05, 4.69) is 9.71 Å². The van der Waals surface area contributed by atoms with Crippen LogP contribution in [0.1, 0.15) is 38.1 Å². The number of aromatic nitrogens is 1. The normalized spacial score (nSPS) is 15.4. The number of hydrogen-bond acceptors (Lipinski definition) is 5. The van der Waals surface area contributed by atoms with Gasteiger partial charge in [0.1, 0.15) is 16.9 Å². The van der Waals surface area contributed by atoms with Crippen molar-refractivity contribution in [1.29, 1.82) is 0 Å². The molecule has 0 spiro atoms. The lowest BCUT2D eigenvalue weighted by atomic mass is 10.1. The Morgan fingerprint density at radius 1 is 1.12 bits per heavy atom. The summed E-state index contributed by atoms with van der Waals surface area (Å²) in [5.74, 6) is 0. The van der Waals surface area contributed by atoms with E-state index in [0.29, 0.717) is 13.2 Å². The topological polar surface area (TPSA) is 66.4 Å². The molecule has 5 nitrogen and oxygen atoms in total. The standard InChI is InChI=1S/C20H28N2O3S/c1-20(2,3)26(23)22-18(15-25-14-16-10-6-5-7-11-16)19(24-4)17-12-8-9-13-21-17/h5-13,18-19,22H,14-15H2,1-4H3/t18-,19-,26?/m0/s1. The van der Waals surface area contributed by atoms with Crippen molar-refractivity contribution < 1.29 is 14.0 Å². The van der Waals surface area contributed by atoms with E-state index in [0.717, 1.165) is 11.3 Å². The third-order valence-electron chi connectivity index (χ3n) is 3.82. The highest BCUT2D eigenvalue weighted by Gasteiger charge is 2.34. The van der Waals surface area contributed by atoms with Gasteiger partial charge in [-0.15, -0.1) is 4.72 Å². The molecule has 0 amide bonds. The first-order valence-corrected chi connectivity index (χ1v) is 9.80. The second-order valence-corrected chi connectivity index (χ2v) is 9.01. The summed E-state index contributed by atoms with van der Waals surface area (Å²) in [6.07, 6.45) is 1.36. The SMILES string of the molecule is CO[C@@H](c1ccccn1)[C@H](COCc1ccccc1)N[S+]([O-])C(C)(C)C. The van der Waals surface area contributed by atoms with E-state index in [1.807, 2.05) is 69.3 Å². The number of methoxy groups -OCH3 is 1. The Balaban J connectivity index is 2.09. The van der Waals surface area contributed by atoms with Crippen molar-refractivity contribution in [2.75, 3.05) is 13.7 Å². The van der Waals surface area contributed by atoms with E-state index in [-0.39, 0.29) is 16.9 Å². The predicted molar refractivity (Wildman–Crippen MR) is 105 cm³/mol. The van der Waals surface area contributed by atoms with Gasteiger partial charge in [0.15, 0.2) is 0 Å². The zero-order chi connectivity index (χ0) is 19.0. The molecule has 142 valence electrons. The fourth-order valence-electron chi connectivity index (χ4n) is 2.41. The Kier molecular flexibility index (Phi) is 8.06. The molecule has 1 heterocycles. The van der Waals surface area contributed by atoms with Crippen LogP contribution >= 0.6 is 0 Å². The predicted octanol–water partition coefficient (Wildman–Crippen LogP) is 3.41. The third-order valence-corrected chi connectivity index (χ3v) is 5.45. The molecule has 1 aromatic heterocycles. The maximum absolute atomic E-state index is 12.6. The third kappa shape index (κ3) is 6.37. The molecule has 0 saturated heterocycles. The summed E-state index contributed by atoms with van der Waals surface area (Å²) in [7, 11) is 1.63. The van der Waals surface area contributed by atoms with Crippen molar-refractivity contribution in [3.05, 3.63) is 66.0 Å². The second-order valence-electron chi connectivity index (χ2n) is 7.02. The number of hydrogen-bond donors (Lipinski definition) is 1. The van der Waals surface area contributed by atoms with Crippen LogP contribution in [-0.4, -0.2) is 34.0 Å². The fraction of sp³-hybridized carbons (Fsp3) is 0.450. The number of benzene rings is 1. The molecular weight excluding hydrogens is 348 g/mol. The van der Waals surface area contributed by atoms with E-state index in [1.54, 1.807) is 13.3 Å². The smallest absolute Gasteiger partial charge is 0.136 e. The Labute approximate surface area is 159 Å². The van der Waals surface area contributed by atoms with Gasteiger partial charge < -0.3 is 14.0 Å². The van der Waals surface area contributed by atoms with Gasteiger partial charge >= 0.3 is 0 Å². The van der Waals surface area contributed by atoms with E-state index < -0.39 is 11.4 Å². The maximum Gasteiger partial charge on any atom is 0.136 e. The van der Waals surface area contributed by atoms with E-state index in [4.69, 9.17) is 9.47 Å². The van der Waals surface area contributed by atoms with Crippen molar-refractivity contribution in [3.63, 3.8) is 0 Å². The van der Waals surface area contributed by atoms with Gasteiger partial charge in [-0.3, -0.25) is 4.98 Å². The molecule has 0 saturated carbocycles. The largest absolute Gasteiger partial charge is 0.598 e. The minimum Gasteiger partial charge on any atom is -0.598 e. The van der Waals surface area contributed by atoms with E-state index in [1.165, 1.54) is 0 Å². The number of nitrogens with zero attached hydrogens (tertiary/aromatic N) is 1. The first-order chi connectivity index (χ1) is 12.4. The molecule has 1 aromatic carbocycles. The maximum atomic E-state index is 12.6. The molecule has 0 aliphatic rings. The average Bonchev–Trinajstić information content (AvgIpc) is 2.63. The van der Waals surface area contributed by atoms with Crippen LogP contribution in [0.2, 0.25) is 0 Å². The van der Waals surface area contributed by atoms with Gasteiger partial charge in [-0.1, -0.05) is 36.4 Å². The summed E-state index contributed by atoms with van der Waals surface area (Å²) in [4.78, 5) is 4.39. The quantitative estimate of drug-likeness (QED) is 0.680. The molecule has 2 aromatic rings. The van der Waals surface area contributed by atoms with E-state index >= 15 is 0 Å². The van der Waals surface area contributed by atoms with E-state index in [9.17, 15) is 4.55 Å². The summed E-state index contributed by atoms with van der Waals surface area (Å²) < 4.78 is 27.0. The number of nitrogens with one attached hydrogen (secondary N) is 1. The lowest BCUT2D eigenvalue weighted by Gasteiger charge is -2.31. The van der Waals surface area contributed by atoms with Crippen molar-refractivity contribution in [3.8, 4) is 0 Å². The molecule has 26 heavy (non-hydrogen) atoms. The van der Waals surface area contributed by atoms with Crippen LogP contribution in [0, 0.1) is 0 Å². The Hall–Kier alpha value is -1.44. The molecular formula is C20H28N2O3S. The Morgan fingerprint density at radius 3 is 2.38 bits per heavy atom. The second kappa shape index (κ2) is 10.0. The average molecular weight is 377 g/mol. The molecule has 0 aliphatic heterocycles. The summed E-state index contributed by atoms with van der Waals surface area (Å²) >= 11 is -1.25. The lowest BCUT2D eigenvalue weighted by Crippen LogP contribution is -2.49. The molecule has 3 atom stereocenters. The molecule has 0 bridgehead atoms. The molecule has 0 fully saturated rings. The molecule has 0 aliphatic carbocycles. The molecule has 1 unspecified atom stereocenters. The van der Waals surface area contributed by atoms with Crippen LogP contribution < -0.4 is 4.72 Å². The summed E-state index contributed by atoms with van der Waals surface area (Å²) in [5.41, 5.74) is 1.87. The minimum atomic E-state index is -1.25. The summed E-state index contributed by atoms with van der Waals surface area (Å²) in [5, 5.41) is 0. The first kappa shape index (κ1) is 20.9. The van der Waals surface area contributed by atoms with Crippen LogP contribution in [0.25, 0.3) is 0 Å². The number of ether oxygens (including phenoxy) is 2. The highest BCUT2D eigenvalue weighted by Crippen LogP contribution is 2.22. The van der Waals surface area contributed by atoms with Crippen molar-refractivity contribution >= 4 is 11.4 Å². The fourth-order valence-corrected chi connectivity index (χ4v) is 3.23. The Bertz CT molecular complexity index is 635. The zero-order valence-electron chi connectivity index (χ0n) is 15.8. The molecule has 2 rings (SSSR count). The van der Waals surface area contributed by atoms with Crippen LogP contribution in [0.3, 0.4) is 0 Å². The van der Waals surface area contributed by atoms with Crippen molar-refractivity contribution in [2.45, 2.75) is 44.3 Å². The van der Waals surface area contributed by atoms with Gasteiger partial charge in [0.25, 0.3) is 0 Å². The van der Waals surface area contributed by atoms with Crippen molar-refractivity contribution in [1.82, 2.24) is 9.71 Å². The van der Waals surface area contributed by atoms with Gasteiger partial charge in [0.05, 0.1) is 18.9 Å². The number of pyridine rings is 1. The minimum absolute atomic E-state index is 0.293. The van der Waals surface area contributed by atoms with Crippen LogP contribution in [0.15, 0.2) is 54.7 Å². The molecule has 0 radical (unpaired) electrons. The van der Waals surface area contributed by atoms with Gasteiger partial charge in [-0.05, 0) is 38.5 Å². The van der Waals surface area contributed by atoms with Gasteiger partial charge in [0, 0.05) is 24.7 Å². The Morgan fingerprint density at radius 2 is 1.81 bits per heavy atom. The molecule has 6 heteroatoms. The molecule has 1 N–H and O–H groups in total. The monoisotopic (exact) mass is 376 g/mol. The first-order valence-electron chi connectivity index (χ1n) is 8.65. The van der Waals surface area contributed by atoms with Crippen molar-refractivity contribution in [2.24, 2.45) is 0 Å². The van der Waals surface area contributed by atoms with Crippen LogP contribution in [0.4, 0.5) is 0 Å². The van der Waals surface area contributed by atoms with Crippen LogP contribution in [0.5, 0.6) is 0 Å². The van der Waals surface area contributed by atoms with Crippen LogP contribution in [-0.2, 0) is 27.4 Å². The zero-order valence-corrected chi connectivity index (χ0v) is 16.7. The van der Waals surface area contributed by atoms with Gasteiger partial charge in [-0.2, -0.15) is 0 Å². The summed E-state index contributed by atoms with van der Waals surface area (Å²) in [6.45, 7) is 6.63. The summed E-state index contributed by atoms with van der Waals surface area (Å²) in [6, 6.07) is 15.4. The highest BCUT2D eigenvalue weighted by molar-refractivity contribution is 7.90. The number of rotatable bonds is 9. The highest BCUT2D eigenvalue weighted by atomic mass is 32.2. The van der Waals surface area contributed by atoms with Gasteiger partial charge in [-0.25, -0.2) is 0 Å². The van der Waals surface area contributed by atoms with Gasteiger partial charge in [0.2, 0.25) is 0 Å². The lowest BCUT2D eigenvalue weighted by molar-refractivity contribution is 0.0204.